The van der Waals surface area contributed by atoms with E-state index in [1.165, 1.54) is 0 Å². The molecule has 3 aromatic rings. The van der Waals surface area contributed by atoms with E-state index in [0.717, 1.165) is 5.56 Å². The van der Waals surface area contributed by atoms with Crippen LogP contribution in [0.3, 0.4) is 0 Å². The first-order chi connectivity index (χ1) is 12.7. The summed E-state index contributed by atoms with van der Waals surface area (Å²) in [5.74, 6) is 1.16. The number of likely N-dealkylation sites (N-methyl/N-ethyl adjacent to an activating group) is 1. The molecule has 0 radical (unpaired) electrons. The van der Waals surface area contributed by atoms with Crippen molar-refractivity contribution in [2.24, 2.45) is 0 Å². The van der Waals surface area contributed by atoms with Gasteiger partial charge < -0.3 is 18.9 Å². The molecule has 0 bridgehead atoms. The van der Waals surface area contributed by atoms with E-state index < -0.39 is 5.97 Å². The van der Waals surface area contributed by atoms with Crippen LogP contribution in [-0.4, -0.2) is 41.8 Å². The molecule has 0 N–H and O–H groups in total. The highest BCUT2D eigenvalue weighted by atomic mass is 16.5. The summed E-state index contributed by atoms with van der Waals surface area (Å²) in [5, 5.41) is 4.00. The van der Waals surface area contributed by atoms with Gasteiger partial charge in [0.25, 0.3) is 0 Å². The van der Waals surface area contributed by atoms with Gasteiger partial charge in [0.15, 0.2) is 12.4 Å². The van der Waals surface area contributed by atoms with E-state index in [1.807, 2.05) is 24.3 Å². The summed E-state index contributed by atoms with van der Waals surface area (Å²) in [4.78, 5) is 21.7. The number of esters is 1. The lowest BCUT2D eigenvalue weighted by Gasteiger charge is -2.14. The molecule has 0 fully saturated rings. The van der Waals surface area contributed by atoms with Crippen LogP contribution in [-0.2, 0) is 16.1 Å². The molecule has 0 spiro atoms. The Labute approximate surface area is 150 Å². The minimum Gasteiger partial charge on any atom is -0.496 e. The van der Waals surface area contributed by atoms with Crippen molar-refractivity contribution < 1.29 is 18.8 Å². The molecule has 0 saturated heterocycles. The van der Waals surface area contributed by atoms with Crippen LogP contribution in [0.2, 0.25) is 0 Å². The number of benzene rings is 1. The van der Waals surface area contributed by atoms with Gasteiger partial charge in [0.2, 0.25) is 5.95 Å². The Kier molecular flexibility index (Phi) is 5.43. The first-order valence-electron chi connectivity index (χ1n) is 7.90. The molecule has 8 heteroatoms. The van der Waals surface area contributed by atoms with E-state index in [9.17, 15) is 4.79 Å². The molecular formula is C18H18N4O4. The standard InChI is InChI=1S/C18H18N4O4/c1-22(18-19-8-5-9-20-18)11-17(23)25-12-13-10-15(21-26-13)14-6-3-4-7-16(14)24-2/h3-10H,11-12H2,1-2H3. The van der Waals surface area contributed by atoms with Crippen LogP contribution in [0.4, 0.5) is 5.95 Å². The van der Waals surface area contributed by atoms with Crippen LogP contribution in [0.25, 0.3) is 11.3 Å². The van der Waals surface area contributed by atoms with Crippen molar-refractivity contribution in [3.8, 4) is 17.0 Å². The maximum absolute atomic E-state index is 12.0. The number of para-hydroxylation sites is 1. The molecule has 0 aliphatic rings. The normalized spacial score (nSPS) is 10.4. The number of nitrogens with zero attached hydrogens (tertiary/aromatic N) is 4. The molecule has 26 heavy (non-hydrogen) atoms. The van der Waals surface area contributed by atoms with E-state index in [1.54, 1.807) is 43.6 Å². The Morgan fingerprint density at radius 2 is 1.96 bits per heavy atom. The van der Waals surface area contributed by atoms with Crippen LogP contribution in [0.5, 0.6) is 5.75 Å². The van der Waals surface area contributed by atoms with E-state index in [0.29, 0.717) is 23.2 Å². The first kappa shape index (κ1) is 17.4. The Balaban J connectivity index is 1.57. The summed E-state index contributed by atoms with van der Waals surface area (Å²) in [6.07, 6.45) is 3.22. The molecule has 0 aliphatic heterocycles. The second kappa shape index (κ2) is 8.11. The third kappa shape index (κ3) is 4.15. The summed E-state index contributed by atoms with van der Waals surface area (Å²) in [6.45, 7) is 0.0159. The van der Waals surface area contributed by atoms with Gasteiger partial charge in [-0.15, -0.1) is 0 Å². The molecule has 8 nitrogen and oxygen atoms in total. The highest BCUT2D eigenvalue weighted by Gasteiger charge is 2.14. The third-order valence-corrected chi connectivity index (χ3v) is 3.58. The van der Waals surface area contributed by atoms with Crippen molar-refractivity contribution in [2.45, 2.75) is 6.61 Å². The second-order valence-electron chi connectivity index (χ2n) is 5.44. The molecule has 3 rings (SSSR count). The van der Waals surface area contributed by atoms with E-state index in [2.05, 4.69) is 15.1 Å². The van der Waals surface area contributed by atoms with Gasteiger partial charge in [0.1, 0.15) is 18.0 Å². The predicted molar refractivity (Wildman–Crippen MR) is 93.6 cm³/mol. The van der Waals surface area contributed by atoms with E-state index in [-0.39, 0.29) is 13.2 Å². The van der Waals surface area contributed by atoms with Gasteiger partial charge in [-0.1, -0.05) is 17.3 Å². The topological polar surface area (TPSA) is 90.6 Å². The van der Waals surface area contributed by atoms with Crippen molar-refractivity contribution in [1.29, 1.82) is 0 Å². The number of ether oxygens (including phenoxy) is 2. The first-order valence-corrected chi connectivity index (χ1v) is 7.90. The fourth-order valence-electron chi connectivity index (χ4n) is 2.31. The maximum Gasteiger partial charge on any atom is 0.326 e. The van der Waals surface area contributed by atoms with Crippen LogP contribution in [0, 0.1) is 0 Å². The molecule has 134 valence electrons. The van der Waals surface area contributed by atoms with Crippen molar-refractivity contribution in [3.63, 3.8) is 0 Å². The van der Waals surface area contributed by atoms with Gasteiger partial charge in [-0.2, -0.15) is 0 Å². The minimum atomic E-state index is -0.421. The van der Waals surface area contributed by atoms with Gasteiger partial charge in [0, 0.05) is 31.1 Å². The number of carbonyl (C=O) groups excluding carboxylic acids is 1. The molecule has 0 saturated carbocycles. The quantitative estimate of drug-likeness (QED) is 0.597. The zero-order chi connectivity index (χ0) is 18.4. The average molecular weight is 354 g/mol. The van der Waals surface area contributed by atoms with Gasteiger partial charge in [0.05, 0.1) is 7.11 Å². The number of carbonyl (C=O) groups is 1. The number of anilines is 1. The SMILES string of the molecule is COc1ccccc1-c1cc(COC(=O)CN(C)c2ncccn2)on1. The summed E-state index contributed by atoms with van der Waals surface area (Å²) in [7, 11) is 3.30. The highest BCUT2D eigenvalue weighted by Crippen LogP contribution is 2.29. The number of rotatable bonds is 7. The Morgan fingerprint density at radius 1 is 1.19 bits per heavy atom. The van der Waals surface area contributed by atoms with E-state index in [4.69, 9.17) is 14.0 Å². The summed E-state index contributed by atoms with van der Waals surface area (Å²) in [5.41, 5.74) is 1.42. The molecular weight excluding hydrogens is 336 g/mol. The van der Waals surface area contributed by atoms with Crippen LogP contribution in [0.15, 0.2) is 53.3 Å². The zero-order valence-electron chi connectivity index (χ0n) is 14.5. The largest absolute Gasteiger partial charge is 0.496 e. The zero-order valence-corrected chi connectivity index (χ0v) is 14.5. The number of hydrogen-bond donors (Lipinski definition) is 0. The lowest BCUT2D eigenvalue weighted by Crippen LogP contribution is -2.28. The molecule has 0 unspecified atom stereocenters. The molecule has 0 amide bonds. The van der Waals surface area contributed by atoms with Gasteiger partial charge in [-0.3, -0.25) is 4.79 Å². The lowest BCUT2D eigenvalue weighted by atomic mass is 10.1. The van der Waals surface area contributed by atoms with Gasteiger partial charge >= 0.3 is 5.97 Å². The van der Waals surface area contributed by atoms with Crippen LogP contribution in [0.1, 0.15) is 5.76 Å². The molecule has 0 aliphatic carbocycles. The maximum atomic E-state index is 12.0. The molecule has 2 aromatic heterocycles. The molecule has 2 heterocycles. The van der Waals surface area contributed by atoms with Crippen molar-refractivity contribution in [2.75, 3.05) is 25.6 Å². The number of methoxy groups -OCH3 is 1. The van der Waals surface area contributed by atoms with Crippen molar-refractivity contribution >= 4 is 11.9 Å². The fourth-order valence-corrected chi connectivity index (χ4v) is 2.31. The van der Waals surface area contributed by atoms with Crippen LogP contribution >= 0.6 is 0 Å². The predicted octanol–water partition coefficient (Wildman–Crippen LogP) is 2.32. The minimum absolute atomic E-state index is 0.00946. The van der Waals surface area contributed by atoms with Crippen LogP contribution < -0.4 is 9.64 Å². The lowest BCUT2D eigenvalue weighted by molar-refractivity contribution is -0.143. The van der Waals surface area contributed by atoms with Crippen molar-refractivity contribution in [1.82, 2.24) is 15.1 Å². The van der Waals surface area contributed by atoms with E-state index >= 15 is 0 Å². The summed E-state index contributed by atoms with van der Waals surface area (Å²) < 4.78 is 15.8. The monoisotopic (exact) mass is 354 g/mol. The summed E-state index contributed by atoms with van der Waals surface area (Å²) >= 11 is 0. The number of aromatic nitrogens is 3. The Bertz CT molecular complexity index is 866. The Hall–Kier alpha value is -3.42. The second-order valence-corrected chi connectivity index (χ2v) is 5.44. The number of hydrogen-bond acceptors (Lipinski definition) is 8. The molecule has 1 aromatic carbocycles. The fraction of sp³-hybridized carbons (Fsp3) is 0.222. The summed E-state index contributed by atoms with van der Waals surface area (Å²) in [6, 6.07) is 10.9. The average Bonchev–Trinajstić information content (AvgIpc) is 3.16. The smallest absolute Gasteiger partial charge is 0.326 e. The Morgan fingerprint density at radius 3 is 2.73 bits per heavy atom. The van der Waals surface area contributed by atoms with Gasteiger partial charge in [-0.05, 0) is 18.2 Å². The highest BCUT2D eigenvalue weighted by molar-refractivity contribution is 5.74. The van der Waals surface area contributed by atoms with Crippen molar-refractivity contribution in [3.05, 3.63) is 54.6 Å². The molecule has 0 atom stereocenters. The van der Waals surface area contributed by atoms with Gasteiger partial charge in [-0.25, -0.2) is 9.97 Å². The third-order valence-electron chi connectivity index (χ3n) is 3.58.